The van der Waals surface area contributed by atoms with Crippen LogP contribution < -0.4 is 15.7 Å². The van der Waals surface area contributed by atoms with Gasteiger partial charge in [-0.2, -0.15) is 0 Å². The van der Waals surface area contributed by atoms with Crippen molar-refractivity contribution in [1.29, 1.82) is 0 Å². The number of rotatable bonds is 9. The molecule has 0 saturated heterocycles. The number of aromatic nitrogens is 1. The molecule has 2 aromatic carbocycles. The van der Waals surface area contributed by atoms with E-state index >= 15 is 0 Å². The second-order valence-corrected chi connectivity index (χ2v) is 8.26. The molecule has 3 aromatic rings. The van der Waals surface area contributed by atoms with Crippen LogP contribution in [0.4, 0.5) is 10.2 Å². The average molecular weight is 501 g/mol. The Kier molecular flexibility index (Phi) is 8.17. The number of benzene rings is 2. The van der Waals surface area contributed by atoms with Crippen LogP contribution in [-0.2, 0) is 20.8 Å². The molecular formula is C28H25FN4O4. The molecule has 37 heavy (non-hydrogen) atoms. The Morgan fingerprint density at radius 2 is 1.89 bits per heavy atom. The van der Waals surface area contributed by atoms with Gasteiger partial charge in [0, 0.05) is 25.4 Å². The van der Waals surface area contributed by atoms with Crippen LogP contribution in [0.1, 0.15) is 21.5 Å². The standard InChI is InChI=1S/C28H25FN4O4/c1-37-32-28(36)25(34)24(17-19-8-5-12-22(29)16-19)31-27(35)23-13-6-14-30-26(23)33-15-7-11-21(18-33)20-9-3-2-4-10-20/h2-16,24H,17-18H2,1H3,(H,31,35)(H,32,36). The molecule has 8 nitrogen and oxygen atoms in total. The highest BCUT2D eigenvalue weighted by Gasteiger charge is 2.29. The molecule has 0 saturated carbocycles. The van der Waals surface area contributed by atoms with Crippen molar-refractivity contribution in [1.82, 2.24) is 15.8 Å². The van der Waals surface area contributed by atoms with Gasteiger partial charge in [-0.1, -0.05) is 48.5 Å². The van der Waals surface area contributed by atoms with Crippen LogP contribution in [0.5, 0.6) is 0 Å². The van der Waals surface area contributed by atoms with Gasteiger partial charge in [0.25, 0.3) is 5.91 Å². The SMILES string of the molecule is CONC(=O)C(=O)C(Cc1cccc(F)c1)NC(=O)c1cccnc1N1C=CC=C(c2ccccc2)C1. The van der Waals surface area contributed by atoms with Crippen LogP contribution in [0.25, 0.3) is 5.57 Å². The third-order valence-electron chi connectivity index (χ3n) is 5.72. The molecule has 0 aliphatic carbocycles. The maximum Gasteiger partial charge on any atom is 0.313 e. The number of allylic oxidation sites excluding steroid dienone is 2. The third-order valence-corrected chi connectivity index (χ3v) is 5.72. The van der Waals surface area contributed by atoms with Gasteiger partial charge in [0.05, 0.1) is 12.7 Å². The molecule has 0 bridgehead atoms. The number of Topliss-reactive ketones (excluding diaryl/α,β-unsaturated/α-hetero) is 1. The van der Waals surface area contributed by atoms with E-state index in [1.807, 2.05) is 59.1 Å². The highest BCUT2D eigenvalue weighted by Crippen LogP contribution is 2.25. The van der Waals surface area contributed by atoms with E-state index in [9.17, 15) is 18.8 Å². The van der Waals surface area contributed by atoms with Crippen LogP contribution in [0.15, 0.2) is 91.3 Å². The van der Waals surface area contributed by atoms with Crippen molar-refractivity contribution in [3.05, 3.63) is 114 Å². The monoisotopic (exact) mass is 500 g/mol. The van der Waals surface area contributed by atoms with Gasteiger partial charge in [-0.05, 0) is 47.0 Å². The molecule has 1 atom stereocenters. The van der Waals surface area contributed by atoms with Crippen molar-refractivity contribution in [2.45, 2.75) is 12.5 Å². The predicted octanol–water partition coefficient (Wildman–Crippen LogP) is 3.23. The molecule has 1 aromatic heterocycles. The summed E-state index contributed by atoms with van der Waals surface area (Å²) in [5.74, 6) is -2.68. The maximum atomic E-state index is 13.7. The van der Waals surface area contributed by atoms with E-state index in [2.05, 4.69) is 15.1 Å². The lowest BCUT2D eigenvalue weighted by atomic mass is 10.0. The number of halogens is 1. The maximum absolute atomic E-state index is 13.7. The molecule has 1 aliphatic rings. The van der Waals surface area contributed by atoms with Crippen LogP contribution in [0.3, 0.4) is 0 Å². The normalized spacial score (nSPS) is 13.5. The van der Waals surface area contributed by atoms with Crippen LogP contribution in [-0.4, -0.2) is 42.3 Å². The lowest BCUT2D eigenvalue weighted by Crippen LogP contribution is -2.48. The molecule has 1 aliphatic heterocycles. The number of pyridine rings is 1. The number of nitrogens with one attached hydrogen (secondary N) is 2. The lowest BCUT2D eigenvalue weighted by Gasteiger charge is -2.26. The number of ketones is 1. The van der Waals surface area contributed by atoms with E-state index in [0.717, 1.165) is 11.1 Å². The Morgan fingerprint density at radius 1 is 1.08 bits per heavy atom. The van der Waals surface area contributed by atoms with Crippen LogP contribution in [0.2, 0.25) is 0 Å². The zero-order chi connectivity index (χ0) is 26.2. The zero-order valence-corrected chi connectivity index (χ0v) is 20.1. The fourth-order valence-corrected chi connectivity index (χ4v) is 3.99. The van der Waals surface area contributed by atoms with Gasteiger partial charge in [0.2, 0.25) is 5.78 Å². The van der Waals surface area contributed by atoms with E-state index in [1.54, 1.807) is 24.4 Å². The van der Waals surface area contributed by atoms with Gasteiger partial charge in [-0.15, -0.1) is 0 Å². The molecule has 188 valence electrons. The Bertz CT molecular complexity index is 1360. The number of hydroxylamine groups is 1. The molecule has 1 unspecified atom stereocenters. The molecule has 0 spiro atoms. The summed E-state index contributed by atoms with van der Waals surface area (Å²) in [4.78, 5) is 49.2. The largest absolute Gasteiger partial charge is 0.341 e. The fourth-order valence-electron chi connectivity index (χ4n) is 3.99. The summed E-state index contributed by atoms with van der Waals surface area (Å²) < 4.78 is 13.7. The number of hydrogen-bond donors (Lipinski definition) is 2. The van der Waals surface area contributed by atoms with Gasteiger partial charge in [0.15, 0.2) is 0 Å². The summed E-state index contributed by atoms with van der Waals surface area (Å²) >= 11 is 0. The molecule has 2 heterocycles. The Labute approximate surface area is 213 Å². The van der Waals surface area contributed by atoms with Crippen molar-refractivity contribution in [3.8, 4) is 0 Å². The van der Waals surface area contributed by atoms with E-state index < -0.39 is 29.5 Å². The van der Waals surface area contributed by atoms with E-state index in [1.165, 1.54) is 25.3 Å². The molecule has 9 heteroatoms. The fraction of sp³-hybridized carbons (Fsp3) is 0.143. The molecule has 0 fully saturated rings. The van der Waals surface area contributed by atoms with Gasteiger partial charge in [-0.3, -0.25) is 19.2 Å². The molecule has 2 amide bonds. The second-order valence-electron chi connectivity index (χ2n) is 8.26. The van der Waals surface area contributed by atoms with Crippen LogP contribution >= 0.6 is 0 Å². The van der Waals surface area contributed by atoms with Crippen molar-refractivity contribution in [3.63, 3.8) is 0 Å². The van der Waals surface area contributed by atoms with Crippen molar-refractivity contribution >= 4 is 29.0 Å². The Hall–Kier alpha value is -4.63. The van der Waals surface area contributed by atoms with Gasteiger partial charge in [-0.25, -0.2) is 14.9 Å². The smallest absolute Gasteiger partial charge is 0.313 e. The number of carbonyl (C=O) groups is 3. The number of hydrogen-bond acceptors (Lipinski definition) is 6. The highest BCUT2D eigenvalue weighted by molar-refractivity contribution is 6.38. The van der Waals surface area contributed by atoms with Gasteiger partial charge in [0.1, 0.15) is 17.7 Å². The first-order valence-corrected chi connectivity index (χ1v) is 11.5. The van der Waals surface area contributed by atoms with Crippen molar-refractivity contribution < 1.29 is 23.6 Å². The summed E-state index contributed by atoms with van der Waals surface area (Å²) in [6, 6.07) is 17.4. The van der Waals surface area contributed by atoms with Crippen molar-refractivity contribution in [2.24, 2.45) is 0 Å². The number of nitrogens with zero attached hydrogens (tertiary/aromatic N) is 2. The predicted molar refractivity (Wildman–Crippen MR) is 137 cm³/mol. The van der Waals surface area contributed by atoms with E-state index in [0.29, 0.717) is 17.9 Å². The van der Waals surface area contributed by atoms with E-state index in [-0.39, 0.29) is 12.0 Å². The van der Waals surface area contributed by atoms with Crippen LogP contribution in [0, 0.1) is 5.82 Å². The molecule has 0 radical (unpaired) electrons. The Morgan fingerprint density at radius 3 is 2.65 bits per heavy atom. The molecule has 4 rings (SSSR count). The lowest BCUT2D eigenvalue weighted by molar-refractivity contribution is -0.145. The quantitative estimate of drug-likeness (QED) is 0.346. The highest BCUT2D eigenvalue weighted by atomic mass is 19.1. The summed E-state index contributed by atoms with van der Waals surface area (Å²) in [6.07, 6.45) is 7.15. The average Bonchev–Trinajstić information content (AvgIpc) is 2.93. The summed E-state index contributed by atoms with van der Waals surface area (Å²) in [5.41, 5.74) is 4.70. The zero-order valence-electron chi connectivity index (χ0n) is 20.1. The topological polar surface area (TPSA) is 101 Å². The third kappa shape index (κ3) is 6.33. The van der Waals surface area contributed by atoms with Gasteiger partial charge >= 0.3 is 5.91 Å². The minimum absolute atomic E-state index is 0.0976. The molecular weight excluding hydrogens is 475 g/mol. The Balaban J connectivity index is 1.58. The first-order chi connectivity index (χ1) is 18.0. The first-order valence-electron chi connectivity index (χ1n) is 11.5. The summed E-state index contributed by atoms with van der Waals surface area (Å²) in [7, 11) is 1.19. The summed E-state index contributed by atoms with van der Waals surface area (Å²) in [6.45, 7) is 0.472. The molecule has 2 N–H and O–H groups in total. The summed E-state index contributed by atoms with van der Waals surface area (Å²) in [5, 5.41) is 2.63. The first kappa shape index (κ1) is 25.5. The van der Waals surface area contributed by atoms with E-state index in [4.69, 9.17) is 0 Å². The number of anilines is 1. The number of amides is 2. The van der Waals surface area contributed by atoms with Gasteiger partial charge < -0.3 is 10.2 Å². The minimum Gasteiger partial charge on any atom is -0.341 e. The van der Waals surface area contributed by atoms with Crippen molar-refractivity contribution in [2.75, 3.05) is 18.6 Å². The number of carbonyl (C=O) groups excluding carboxylic acids is 3. The minimum atomic E-state index is -1.27. The second kappa shape index (κ2) is 11.9.